The first-order chi connectivity index (χ1) is 16.0. The van der Waals surface area contributed by atoms with E-state index in [4.69, 9.17) is 14.8 Å². The molecule has 1 unspecified atom stereocenters. The molecular formula is C25H33N7O2U. The molecule has 0 amide bonds. The average Bonchev–Trinajstić information content (AvgIpc) is 3.64. The van der Waals surface area contributed by atoms with Gasteiger partial charge in [-0.05, 0) is 32.0 Å². The molecule has 1 aliphatic carbocycles. The van der Waals surface area contributed by atoms with Crippen LogP contribution in [0.4, 0.5) is 11.5 Å². The Hall–Kier alpha value is -2.25. The Bertz CT molecular complexity index is 1290. The number of anilines is 2. The summed E-state index contributed by atoms with van der Waals surface area (Å²) in [4.78, 5) is 15.8. The Morgan fingerprint density at radius 3 is 2.57 bits per heavy atom. The van der Waals surface area contributed by atoms with Gasteiger partial charge in [-0.25, -0.2) is 19.5 Å². The molecule has 6 rings (SSSR count). The van der Waals surface area contributed by atoms with Crippen LogP contribution >= 0.6 is 0 Å². The third kappa shape index (κ3) is 6.12. The van der Waals surface area contributed by atoms with Gasteiger partial charge < -0.3 is 9.64 Å². The van der Waals surface area contributed by atoms with E-state index in [0.29, 0.717) is 11.6 Å². The van der Waals surface area contributed by atoms with Crippen molar-refractivity contribution in [3.05, 3.63) is 42.5 Å². The number of nitrogens with zero attached hydrogens (tertiary/aromatic N) is 7. The monoisotopic (exact) mass is 701 g/mol. The van der Waals surface area contributed by atoms with E-state index >= 15 is 0 Å². The topological polar surface area (TPSA) is 91.9 Å². The van der Waals surface area contributed by atoms with Crippen molar-refractivity contribution in [3.63, 3.8) is 0 Å². The van der Waals surface area contributed by atoms with Crippen molar-refractivity contribution in [3.8, 4) is 11.4 Å². The molecule has 2 fully saturated rings. The van der Waals surface area contributed by atoms with E-state index in [1.54, 1.807) is 24.0 Å². The molecule has 184 valence electrons. The first kappa shape index (κ1) is 27.3. The molecular weight excluding hydrogens is 668 g/mol. The van der Waals surface area contributed by atoms with Crippen LogP contribution in [0.15, 0.2) is 36.8 Å². The van der Waals surface area contributed by atoms with Crippen LogP contribution in [0.5, 0.6) is 0 Å². The zero-order valence-corrected chi connectivity index (χ0v) is 23.9. The molecule has 1 saturated carbocycles. The van der Waals surface area contributed by atoms with Gasteiger partial charge in [0.1, 0.15) is 0 Å². The second-order valence-electron chi connectivity index (χ2n) is 8.68. The van der Waals surface area contributed by atoms with E-state index in [2.05, 4.69) is 27.9 Å². The standard InChI is InChI=1S/C21H23N7O2.C3H6.CH4.U/c1-13-11-27(6-7-30-13)15-4-5-19-24-21(25-28(19)12-15)18-10-22-14(2)17-9-23-20(26(3)29)8-16(17)18;1-2-3-1;;/h4-5,8-10,12-13,29H,6-7,11H2,1-3H3;1-3H2;1H4;. The third-order valence-electron chi connectivity index (χ3n) is 5.80. The Labute approximate surface area is 229 Å². The molecule has 1 saturated heterocycles. The molecule has 1 atom stereocenters. The van der Waals surface area contributed by atoms with Gasteiger partial charge in [-0.2, -0.15) is 0 Å². The Morgan fingerprint density at radius 1 is 1.11 bits per heavy atom. The summed E-state index contributed by atoms with van der Waals surface area (Å²) in [5, 5.41) is 17.3. The number of pyridine rings is 3. The quantitative estimate of drug-likeness (QED) is 0.313. The summed E-state index contributed by atoms with van der Waals surface area (Å²) < 4.78 is 7.45. The van der Waals surface area contributed by atoms with Crippen LogP contribution in [0.1, 0.15) is 39.3 Å². The summed E-state index contributed by atoms with van der Waals surface area (Å²) >= 11 is 0. The predicted octanol–water partition coefficient (Wildman–Crippen LogP) is 4.50. The van der Waals surface area contributed by atoms with Gasteiger partial charge >= 0.3 is 0 Å². The molecule has 2 aliphatic rings. The van der Waals surface area contributed by atoms with Gasteiger partial charge in [0.2, 0.25) is 0 Å². The Morgan fingerprint density at radius 2 is 1.89 bits per heavy atom. The minimum atomic E-state index is 0. The molecule has 0 aromatic carbocycles. The van der Waals surface area contributed by atoms with Crippen molar-refractivity contribution in [2.75, 3.05) is 36.7 Å². The molecule has 0 spiro atoms. The van der Waals surface area contributed by atoms with Gasteiger partial charge in [0.05, 0.1) is 24.6 Å². The zero-order valence-electron chi connectivity index (χ0n) is 19.8. The number of ether oxygens (including phenoxy) is 1. The third-order valence-corrected chi connectivity index (χ3v) is 5.80. The maximum absolute atomic E-state index is 9.81. The normalized spacial score (nSPS) is 16.7. The second-order valence-corrected chi connectivity index (χ2v) is 8.68. The maximum Gasteiger partial charge on any atom is 0.184 e. The molecule has 4 aromatic heterocycles. The van der Waals surface area contributed by atoms with Gasteiger partial charge in [0, 0.05) is 85.7 Å². The first-order valence-corrected chi connectivity index (χ1v) is 11.4. The van der Waals surface area contributed by atoms with E-state index in [0.717, 1.165) is 58.1 Å². The fourth-order valence-electron chi connectivity index (χ4n) is 3.84. The molecule has 9 nitrogen and oxygen atoms in total. The Kier molecular flexibility index (Phi) is 9.11. The van der Waals surface area contributed by atoms with E-state index in [1.165, 1.54) is 19.3 Å². The number of aromatic nitrogens is 5. The fourth-order valence-corrected chi connectivity index (χ4v) is 3.84. The molecule has 4 aromatic rings. The molecule has 1 N–H and O–H groups in total. The number of hydroxylamine groups is 1. The molecule has 0 radical (unpaired) electrons. The zero-order chi connectivity index (χ0) is 22.9. The summed E-state index contributed by atoms with van der Waals surface area (Å²) in [6, 6.07) is 5.87. The first-order valence-electron chi connectivity index (χ1n) is 11.4. The van der Waals surface area contributed by atoms with Crippen molar-refractivity contribution in [2.24, 2.45) is 0 Å². The van der Waals surface area contributed by atoms with Crippen molar-refractivity contribution < 1.29 is 41.1 Å². The fraction of sp³-hybridized carbons (Fsp3) is 0.440. The average molecular weight is 702 g/mol. The number of rotatable bonds is 3. The van der Waals surface area contributed by atoms with E-state index < -0.39 is 0 Å². The van der Waals surface area contributed by atoms with Crippen molar-refractivity contribution in [1.29, 1.82) is 0 Å². The van der Waals surface area contributed by atoms with Crippen LogP contribution in [0.25, 0.3) is 27.8 Å². The van der Waals surface area contributed by atoms with Crippen LogP contribution in [0, 0.1) is 38.0 Å². The van der Waals surface area contributed by atoms with Gasteiger partial charge in [0.15, 0.2) is 17.3 Å². The smallest absolute Gasteiger partial charge is 0.184 e. The molecule has 35 heavy (non-hydrogen) atoms. The number of fused-ring (bicyclic) bond motifs is 2. The van der Waals surface area contributed by atoms with E-state index in [9.17, 15) is 5.21 Å². The SMILES string of the molecule is C.C1CC1.Cc1ncc(-c2nc3ccc(N4CCOC(C)C4)cn3n2)c2cc(N(C)O)ncc12.[U]. The number of hydrogen-bond acceptors (Lipinski definition) is 8. The van der Waals surface area contributed by atoms with Crippen molar-refractivity contribution >= 4 is 27.9 Å². The van der Waals surface area contributed by atoms with Crippen LogP contribution in [-0.2, 0) is 4.74 Å². The molecule has 10 heteroatoms. The van der Waals surface area contributed by atoms with Crippen LogP contribution in [-0.4, -0.2) is 62.6 Å². The number of aryl methyl sites for hydroxylation is 1. The number of morpholine rings is 1. The molecule has 1 aliphatic heterocycles. The summed E-state index contributed by atoms with van der Waals surface area (Å²) in [7, 11) is 1.54. The predicted molar refractivity (Wildman–Crippen MR) is 135 cm³/mol. The minimum absolute atomic E-state index is 0. The van der Waals surface area contributed by atoms with Gasteiger partial charge in [-0.3, -0.25) is 10.2 Å². The van der Waals surface area contributed by atoms with Crippen LogP contribution < -0.4 is 9.96 Å². The van der Waals surface area contributed by atoms with Gasteiger partial charge in [0.25, 0.3) is 0 Å². The molecule has 5 heterocycles. The van der Waals surface area contributed by atoms with Gasteiger partial charge in [-0.15, -0.1) is 5.10 Å². The largest absolute Gasteiger partial charge is 0.375 e. The Balaban J connectivity index is 0.000000638. The van der Waals surface area contributed by atoms with Crippen LogP contribution in [0.2, 0.25) is 0 Å². The summed E-state index contributed by atoms with van der Waals surface area (Å²) in [5.41, 5.74) is 3.51. The van der Waals surface area contributed by atoms with Crippen molar-refractivity contribution in [1.82, 2.24) is 24.6 Å². The minimum Gasteiger partial charge on any atom is -0.375 e. The summed E-state index contributed by atoms with van der Waals surface area (Å²) in [6.45, 7) is 6.44. The summed E-state index contributed by atoms with van der Waals surface area (Å²) in [6.07, 6.45) is 10.2. The van der Waals surface area contributed by atoms with E-state index in [-0.39, 0.29) is 44.6 Å². The number of hydrogen-bond donors (Lipinski definition) is 1. The second kappa shape index (κ2) is 11.7. The summed E-state index contributed by atoms with van der Waals surface area (Å²) in [5.74, 6) is 1.03. The molecule has 0 bridgehead atoms. The van der Waals surface area contributed by atoms with Gasteiger partial charge in [-0.1, -0.05) is 26.7 Å². The van der Waals surface area contributed by atoms with E-state index in [1.807, 2.05) is 25.3 Å². The van der Waals surface area contributed by atoms with Crippen molar-refractivity contribution in [2.45, 2.75) is 46.6 Å². The maximum atomic E-state index is 9.81. The van der Waals surface area contributed by atoms with Crippen LogP contribution in [0.3, 0.4) is 0 Å².